The van der Waals surface area contributed by atoms with Gasteiger partial charge >= 0.3 is 0 Å². The van der Waals surface area contributed by atoms with Crippen LogP contribution in [0.15, 0.2) is 30.6 Å². The van der Waals surface area contributed by atoms with E-state index >= 15 is 0 Å². The van der Waals surface area contributed by atoms with E-state index in [9.17, 15) is 4.79 Å². The van der Waals surface area contributed by atoms with Crippen molar-refractivity contribution in [2.75, 3.05) is 32.1 Å². The molecular formula is C18H25N5O2. The molecule has 1 aliphatic rings. The molecule has 0 radical (unpaired) electrons. The fourth-order valence-corrected chi connectivity index (χ4v) is 3.04. The Morgan fingerprint density at radius 3 is 3.08 bits per heavy atom. The number of aryl methyl sites for hydroxylation is 2. The summed E-state index contributed by atoms with van der Waals surface area (Å²) in [6.07, 6.45) is 4.81. The zero-order valence-electron chi connectivity index (χ0n) is 14.8. The molecule has 0 saturated carbocycles. The lowest BCUT2D eigenvalue weighted by Gasteiger charge is -2.33. The molecule has 2 aromatic rings. The van der Waals surface area contributed by atoms with E-state index in [0.717, 1.165) is 30.0 Å². The smallest absolute Gasteiger partial charge is 0.222 e. The molecular weight excluding hydrogens is 318 g/mol. The summed E-state index contributed by atoms with van der Waals surface area (Å²) in [6.45, 7) is 4.46. The number of carbonyl (C=O) groups excluding carboxylic acids is 1. The van der Waals surface area contributed by atoms with Crippen molar-refractivity contribution < 1.29 is 9.53 Å². The number of hydrogen-bond acceptors (Lipinski definition) is 5. The number of morpholine rings is 1. The fraction of sp³-hybridized carbons (Fsp3) is 0.500. The van der Waals surface area contributed by atoms with Crippen molar-refractivity contribution in [3.05, 3.63) is 42.0 Å². The number of carbonyl (C=O) groups is 1. The number of anilines is 1. The Morgan fingerprint density at radius 1 is 1.44 bits per heavy atom. The number of pyridine rings is 1. The van der Waals surface area contributed by atoms with Crippen LogP contribution in [0, 0.1) is 6.92 Å². The molecule has 3 heterocycles. The lowest BCUT2D eigenvalue weighted by atomic mass is 10.1. The van der Waals surface area contributed by atoms with Gasteiger partial charge in [-0.2, -0.15) is 5.10 Å². The van der Waals surface area contributed by atoms with Crippen molar-refractivity contribution in [1.82, 2.24) is 19.7 Å². The molecule has 2 aromatic heterocycles. The first-order chi connectivity index (χ1) is 12.2. The summed E-state index contributed by atoms with van der Waals surface area (Å²) >= 11 is 0. The number of nitrogens with one attached hydrogen (secondary N) is 1. The van der Waals surface area contributed by atoms with Crippen LogP contribution in [0.3, 0.4) is 0 Å². The lowest BCUT2D eigenvalue weighted by molar-refractivity contribution is -0.139. The highest BCUT2D eigenvalue weighted by Gasteiger charge is 2.26. The van der Waals surface area contributed by atoms with Crippen LogP contribution in [0.25, 0.3) is 0 Å². The zero-order chi connectivity index (χ0) is 17.6. The van der Waals surface area contributed by atoms with Gasteiger partial charge in [0.25, 0.3) is 0 Å². The van der Waals surface area contributed by atoms with Gasteiger partial charge in [-0.15, -0.1) is 0 Å². The Morgan fingerprint density at radius 2 is 2.32 bits per heavy atom. The second-order valence-corrected chi connectivity index (χ2v) is 6.24. The summed E-state index contributed by atoms with van der Waals surface area (Å²) in [4.78, 5) is 19.0. The van der Waals surface area contributed by atoms with Crippen molar-refractivity contribution >= 4 is 11.6 Å². The third-order valence-corrected chi connectivity index (χ3v) is 4.35. The molecule has 1 unspecified atom stereocenters. The van der Waals surface area contributed by atoms with Gasteiger partial charge in [0.2, 0.25) is 5.91 Å². The molecule has 0 aromatic carbocycles. The highest BCUT2D eigenvalue weighted by molar-refractivity contribution is 5.76. The molecule has 1 atom stereocenters. The maximum Gasteiger partial charge on any atom is 0.222 e. The largest absolute Gasteiger partial charge is 0.388 e. The molecule has 7 heteroatoms. The number of hydrogen-bond donors (Lipinski definition) is 1. The molecule has 1 aliphatic heterocycles. The molecule has 7 nitrogen and oxygen atoms in total. The fourth-order valence-electron chi connectivity index (χ4n) is 3.04. The van der Waals surface area contributed by atoms with Gasteiger partial charge in [-0.05, 0) is 31.5 Å². The standard InChI is InChI=1S/C18H25N5O2/c1-14-11-15(19-2)12-16(21-14)17-13-22(9-10-25-17)18(24)5-3-7-23-8-4-6-20-23/h4,6,8,11-12,17H,3,5,7,9-10,13H2,1-2H3,(H,19,21). The first-order valence-corrected chi connectivity index (χ1v) is 8.69. The van der Waals surface area contributed by atoms with Gasteiger partial charge in [0.1, 0.15) is 6.10 Å². The first-order valence-electron chi connectivity index (χ1n) is 8.69. The van der Waals surface area contributed by atoms with Crippen molar-refractivity contribution in [3.63, 3.8) is 0 Å². The van der Waals surface area contributed by atoms with Gasteiger partial charge in [0.05, 0.1) is 18.8 Å². The molecule has 3 rings (SSSR count). The van der Waals surface area contributed by atoms with Gasteiger partial charge in [-0.1, -0.05) is 0 Å². The first kappa shape index (κ1) is 17.4. The molecule has 1 fully saturated rings. The van der Waals surface area contributed by atoms with E-state index in [2.05, 4.69) is 15.4 Å². The number of nitrogens with zero attached hydrogens (tertiary/aromatic N) is 4. The van der Waals surface area contributed by atoms with Crippen LogP contribution in [0.4, 0.5) is 5.69 Å². The van der Waals surface area contributed by atoms with Crippen LogP contribution in [-0.2, 0) is 16.1 Å². The molecule has 1 N–H and O–H groups in total. The summed E-state index contributed by atoms with van der Waals surface area (Å²) in [5.74, 6) is 0.168. The molecule has 134 valence electrons. The Balaban J connectivity index is 1.57. The second kappa shape index (κ2) is 8.11. The van der Waals surface area contributed by atoms with E-state index in [4.69, 9.17) is 4.74 Å². The number of ether oxygens (including phenoxy) is 1. The Kier molecular flexibility index (Phi) is 5.65. The highest BCUT2D eigenvalue weighted by atomic mass is 16.5. The van der Waals surface area contributed by atoms with Gasteiger partial charge < -0.3 is 15.0 Å². The maximum atomic E-state index is 12.5. The number of amides is 1. The molecule has 1 amide bonds. The summed E-state index contributed by atoms with van der Waals surface area (Å²) in [5.41, 5.74) is 2.82. The topological polar surface area (TPSA) is 72.3 Å². The maximum absolute atomic E-state index is 12.5. The van der Waals surface area contributed by atoms with Crippen molar-refractivity contribution in [2.45, 2.75) is 32.4 Å². The number of rotatable bonds is 6. The minimum atomic E-state index is -0.171. The Bertz CT molecular complexity index is 701. The van der Waals surface area contributed by atoms with Crippen LogP contribution < -0.4 is 5.32 Å². The highest BCUT2D eigenvalue weighted by Crippen LogP contribution is 2.24. The third-order valence-electron chi connectivity index (χ3n) is 4.35. The minimum Gasteiger partial charge on any atom is -0.388 e. The molecule has 1 saturated heterocycles. The summed E-state index contributed by atoms with van der Waals surface area (Å²) in [5, 5.41) is 7.30. The summed E-state index contributed by atoms with van der Waals surface area (Å²) in [6, 6.07) is 5.87. The summed E-state index contributed by atoms with van der Waals surface area (Å²) < 4.78 is 7.72. The molecule has 0 aliphatic carbocycles. The van der Waals surface area contributed by atoms with Crippen LogP contribution >= 0.6 is 0 Å². The van der Waals surface area contributed by atoms with Crippen molar-refractivity contribution in [2.24, 2.45) is 0 Å². The molecule has 0 bridgehead atoms. The van der Waals surface area contributed by atoms with E-state index in [-0.39, 0.29) is 12.0 Å². The normalized spacial score (nSPS) is 17.5. The second-order valence-electron chi connectivity index (χ2n) is 6.24. The van der Waals surface area contributed by atoms with Gasteiger partial charge in [-0.3, -0.25) is 14.5 Å². The van der Waals surface area contributed by atoms with Crippen LogP contribution in [-0.4, -0.2) is 52.3 Å². The Hall–Kier alpha value is -2.41. The van der Waals surface area contributed by atoms with E-state index < -0.39 is 0 Å². The van der Waals surface area contributed by atoms with E-state index in [1.165, 1.54) is 0 Å². The average molecular weight is 343 g/mol. The van der Waals surface area contributed by atoms with E-state index in [0.29, 0.717) is 26.1 Å². The third kappa shape index (κ3) is 4.57. The summed E-state index contributed by atoms with van der Waals surface area (Å²) in [7, 11) is 1.88. The molecule has 0 spiro atoms. The van der Waals surface area contributed by atoms with Crippen molar-refractivity contribution in [3.8, 4) is 0 Å². The van der Waals surface area contributed by atoms with Crippen molar-refractivity contribution in [1.29, 1.82) is 0 Å². The minimum absolute atomic E-state index is 0.168. The predicted octanol–water partition coefficient (Wildman–Crippen LogP) is 2.01. The number of aromatic nitrogens is 3. The van der Waals surface area contributed by atoms with Gasteiger partial charge in [0, 0.05) is 50.3 Å². The van der Waals surface area contributed by atoms with Crippen LogP contribution in [0.1, 0.15) is 30.3 Å². The van der Waals surface area contributed by atoms with Crippen LogP contribution in [0.5, 0.6) is 0 Å². The van der Waals surface area contributed by atoms with Gasteiger partial charge in [-0.25, -0.2) is 0 Å². The SMILES string of the molecule is CNc1cc(C)nc(C2CN(C(=O)CCCn3cccn3)CCO2)c1. The van der Waals surface area contributed by atoms with Gasteiger partial charge in [0.15, 0.2) is 0 Å². The van der Waals surface area contributed by atoms with E-state index in [1.807, 2.05) is 47.9 Å². The lowest BCUT2D eigenvalue weighted by Crippen LogP contribution is -2.42. The monoisotopic (exact) mass is 343 g/mol. The zero-order valence-corrected chi connectivity index (χ0v) is 14.8. The quantitative estimate of drug-likeness (QED) is 0.869. The molecule has 25 heavy (non-hydrogen) atoms. The predicted molar refractivity (Wildman–Crippen MR) is 95.3 cm³/mol. The average Bonchev–Trinajstić information content (AvgIpc) is 3.14. The van der Waals surface area contributed by atoms with E-state index in [1.54, 1.807) is 6.20 Å². The Labute approximate surface area is 148 Å². The van der Waals surface area contributed by atoms with Crippen LogP contribution in [0.2, 0.25) is 0 Å².